The smallest absolute Gasteiger partial charge is 0.0711 e. The summed E-state index contributed by atoms with van der Waals surface area (Å²) < 4.78 is 5.38. The molecule has 0 spiro atoms. The third kappa shape index (κ3) is 3.19. The molecule has 1 N–H and O–H groups in total. The SMILES string of the molecule is CCC1CCN(CC2CC(OC)CN2)CC1. The van der Waals surface area contributed by atoms with Gasteiger partial charge in [0.25, 0.3) is 0 Å². The highest BCUT2D eigenvalue weighted by molar-refractivity contribution is 4.85. The normalized spacial score (nSPS) is 33.4. The standard InChI is InChI=1S/C13H26N2O/c1-3-11-4-6-15(7-5-11)10-12-8-13(16-2)9-14-12/h11-14H,3-10H2,1-2H3. The molecule has 0 aromatic rings. The summed E-state index contributed by atoms with van der Waals surface area (Å²) in [4.78, 5) is 2.63. The van der Waals surface area contributed by atoms with E-state index in [4.69, 9.17) is 4.74 Å². The second kappa shape index (κ2) is 5.99. The lowest BCUT2D eigenvalue weighted by Gasteiger charge is -2.33. The van der Waals surface area contributed by atoms with Crippen molar-refractivity contribution >= 4 is 0 Å². The minimum absolute atomic E-state index is 0.443. The predicted octanol–water partition coefficient (Wildman–Crippen LogP) is 1.49. The zero-order chi connectivity index (χ0) is 11.4. The van der Waals surface area contributed by atoms with Gasteiger partial charge in [0.15, 0.2) is 0 Å². The largest absolute Gasteiger partial charge is 0.380 e. The van der Waals surface area contributed by atoms with Gasteiger partial charge in [0.1, 0.15) is 0 Å². The fraction of sp³-hybridized carbons (Fsp3) is 1.00. The third-order valence-corrected chi connectivity index (χ3v) is 4.28. The van der Waals surface area contributed by atoms with Gasteiger partial charge in [-0.05, 0) is 38.3 Å². The Hall–Kier alpha value is -0.120. The number of methoxy groups -OCH3 is 1. The zero-order valence-corrected chi connectivity index (χ0v) is 10.7. The molecule has 2 unspecified atom stereocenters. The van der Waals surface area contributed by atoms with E-state index in [9.17, 15) is 0 Å². The molecule has 3 nitrogen and oxygen atoms in total. The first kappa shape index (κ1) is 12.3. The molecule has 2 rings (SSSR count). The fourth-order valence-corrected chi connectivity index (χ4v) is 2.99. The number of hydrogen-bond acceptors (Lipinski definition) is 3. The molecule has 0 aromatic heterocycles. The molecule has 0 aliphatic carbocycles. The van der Waals surface area contributed by atoms with Crippen LogP contribution in [-0.2, 0) is 4.74 Å². The van der Waals surface area contributed by atoms with E-state index in [2.05, 4.69) is 17.1 Å². The third-order valence-electron chi connectivity index (χ3n) is 4.28. The van der Waals surface area contributed by atoms with Crippen molar-refractivity contribution in [2.45, 2.75) is 44.8 Å². The van der Waals surface area contributed by atoms with E-state index in [0.29, 0.717) is 12.1 Å². The predicted molar refractivity (Wildman–Crippen MR) is 66.7 cm³/mol. The molecule has 3 heteroatoms. The van der Waals surface area contributed by atoms with Gasteiger partial charge in [-0.2, -0.15) is 0 Å². The summed E-state index contributed by atoms with van der Waals surface area (Å²) in [6.45, 7) is 7.17. The first-order chi connectivity index (χ1) is 7.81. The summed E-state index contributed by atoms with van der Waals surface area (Å²) >= 11 is 0. The average Bonchev–Trinajstić information content (AvgIpc) is 2.78. The molecule has 0 amide bonds. The van der Waals surface area contributed by atoms with Gasteiger partial charge >= 0.3 is 0 Å². The maximum absolute atomic E-state index is 5.38. The summed E-state index contributed by atoms with van der Waals surface area (Å²) in [6.07, 6.45) is 5.79. The van der Waals surface area contributed by atoms with E-state index >= 15 is 0 Å². The summed E-state index contributed by atoms with van der Waals surface area (Å²) in [5, 5.41) is 3.56. The Morgan fingerprint density at radius 2 is 2.06 bits per heavy atom. The molecule has 2 aliphatic rings. The van der Waals surface area contributed by atoms with Gasteiger partial charge in [0.05, 0.1) is 6.10 Å². The minimum atomic E-state index is 0.443. The van der Waals surface area contributed by atoms with Crippen molar-refractivity contribution in [2.75, 3.05) is 33.3 Å². The Morgan fingerprint density at radius 3 is 2.62 bits per heavy atom. The zero-order valence-electron chi connectivity index (χ0n) is 10.7. The van der Waals surface area contributed by atoms with E-state index in [0.717, 1.165) is 12.5 Å². The van der Waals surface area contributed by atoms with Gasteiger partial charge in [0.2, 0.25) is 0 Å². The number of likely N-dealkylation sites (tertiary alicyclic amines) is 1. The highest BCUT2D eigenvalue weighted by Crippen LogP contribution is 2.21. The monoisotopic (exact) mass is 226 g/mol. The van der Waals surface area contributed by atoms with Crippen LogP contribution in [0.4, 0.5) is 0 Å². The highest BCUT2D eigenvalue weighted by Gasteiger charge is 2.26. The Morgan fingerprint density at radius 1 is 1.31 bits per heavy atom. The van der Waals surface area contributed by atoms with Crippen LogP contribution in [0.25, 0.3) is 0 Å². The van der Waals surface area contributed by atoms with Crippen LogP contribution in [0, 0.1) is 5.92 Å². The molecule has 2 fully saturated rings. The minimum Gasteiger partial charge on any atom is -0.380 e. The first-order valence-corrected chi connectivity index (χ1v) is 6.80. The summed E-state index contributed by atoms with van der Waals surface area (Å²) in [5.74, 6) is 0.986. The van der Waals surface area contributed by atoms with Crippen molar-refractivity contribution < 1.29 is 4.74 Å². The molecule has 0 bridgehead atoms. The van der Waals surface area contributed by atoms with E-state index in [-0.39, 0.29) is 0 Å². The van der Waals surface area contributed by atoms with Crippen LogP contribution in [-0.4, -0.2) is 50.3 Å². The molecule has 2 heterocycles. The van der Waals surface area contributed by atoms with E-state index in [1.807, 2.05) is 7.11 Å². The second-order valence-electron chi connectivity index (χ2n) is 5.35. The van der Waals surface area contributed by atoms with Crippen LogP contribution in [0.3, 0.4) is 0 Å². The van der Waals surface area contributed by atoms with E-state index in [1.54, 1.807) is 0 Å². The number of nitrogens with zero attached hydrogens (tertiary/aromatic N) is 1. The van der Waals surface area contributed by atoms with Crippen LogP contribution in [0.5, 0.6) is 0 Å². The molecule has 94 valence electrons. The van der Waals surface area contributed by atoms with Crippen molar-refractivity contribution in [2.24, 2.45) is 5.92 Å². The molecule has 2 atom stereocenters. The molecule has 2 aliphatic heterocycles. The van der Waals surface area contributed by atoms with Crippen LogP contribution < -0.4 is 5.32 Å². The molecule has 0 radical (unpaired) electrons. The van der Waals surface area contributed by atoms with Gasteiger partial charge in [-0.3, -0.25) is 0 Å². The molecule has 0 saturated carbocycles. The van der Waals surface area contributed by atoms with Crippen LogP contribution in [0.2, 0.25) is 0 Å². The van der Waals surface area contributed by atoms with Gasteiger partial charge < -0.3 is 15.0 Å². The summed E-state index contributed by atoms with van der Waals surface area (Å²) in [5.41, 5.74) is 0. The fourth-order valence-electron chi connectivity index (χ4n) is 2.99. The lowest BCUT2D eigenvalue weighted by Crippen LogP contribution is -2.41. The second-order valence-corrected chi connectivity index (χ2v) is 5.35. The van der Waals surface area contributed by atoms with E-state index < -0.39 is 0 Å². The van der Waals surface area contributed by atoms with Crippen LogP contribution in [0.15, 0.2) is 0 Å². The van der Waals surface area contributed by atoms with Gasteiger partial charge in [-0.1, -0.05) is 13.3 Å². The van der Waals surface area contributed by atoms with Gasteiger partial charge in [0, 0.05) is 26.2 Å². The van der Waals surface area contributed by atoms with Crippen molar-refractivity contribution in [3.05, 3.63) is 0 Å². The Balaban J connectivity index is 1.67. The average molecular weight is 226 g/mol. The van der Waals surface area contributed by atoms with Crippen LogP contribution >= 0.6 is 0 Å². The molecule has 0 aromatic carbocycles. The van der Waals surface area contributed by atoms with Crippen LogP contribution in [0.1, 0.15) is 32.6 Å². The van der Waals surface area contributed by atoms with Crippen molar-refractivity contribution in [3.8, 4) is 0 Å². The Labute approximate surface area is 99.5 Å². The molecule has 16 heavy (non-hydrogen) atoms. The molecular formula is C13H26N2O. The molecular weight excluding hydrogens is 200 g/mol. The maximum atomic E-state index is 5.38. The van der Waals surface area contributed by atoms with E-state index in [1.165, 1.54) is 45.3 Å². The van der Waals surface area contributed by atoms with Crippen molar-refractivity contribution in [1.82, 2.24) is 10.2 Å². The summed E-state index contributed by atoms with van der Waals surface area (Å²) in [7, 11) is 1.82. The number of hydrogen-bond donors (Lipinski definition) is 1. The highest BCUT2D eigenvalue weighted by atomic mass is 16.5. The Kier molecular flexibility index (Phi) is 4.62. The number of rotatable bonds is 4. The summed E-state index contributed by atoms with van der Waals surface area (Å²) in [6, 6.07) is 0.656. The topological polar surface area (TPSA) is 24.5 Å². The van der Waals surface area contributed by atoms with Crippen molar-refractivity contribution in [3.63, 3.8) is 0 Å². The lowest BCUT2D eigenvalue weighted by molar-refractivity contribution is 0.113. The Bertz CT molecular complexity index is 202. The number of nitrogens with one attached hydrogen (secondary N) is 1. The quantitative estimate of drug-likeness (QED) is 0.786. The first-order valence-electron chi connectivity index (χ1n) is 6.80. The van der Waals surface area contributed by atoms with Gasteiger partial charge in [-0.25, -0.2) is 0 Å². The number of ether oxygens (including phenoxy) is 1. The maximum Gasteiger partial charge on any atom is 0.0711 e. The number of piperidine rings is 1. The van der Waals surface area contributed by atoms with Gasteiger partial charge in [-0.15, -0.1) is 0 Å². The lowest BCUT2D eigenvalue weighted by atomic mass is 9.94. The van der Waals surface area contributed by atoms with Crippen molar-refractivity contribution in [1.29, 1.82) is 0 Å². The molecule has 2 saturated heterocycles.